The standard InChI is InChI=1S/C10H9ClFNO5/c1-2-17-10(14)9(12)18-8-6(11)4-3-5-7(8)13(15)16/h3-5,9H,2H2,1H3. The Morgan fingerprint density at radius 1 is 1.61 bits per heavy atom. The average molecular weight is 278 g/mol. The Labute approximate surface area is 106 Å². The third kappa shape index (κ3) is 3.30. The van der Waals surface area contributed by atoms with Gasteiger partial charge in [0, 0.05) is 6.07 Å². The van der Waals surface area contributed by atoms with Gasteiger partial charge in [-0.15, -0.1) is 0 Å². The van der Waals surface area contributed by atoms with Crippen LogP contribution in [0.1, 0.15) is 6.92 Å². The molecule has 1 unspecified atom stereocenters. The van der Waals surface area contributed by atoms with Crippen LogP contribution in [0.4, 0.5) is 10.1 Å². The largest absolute Gasteiger partial charge is 0.461 e. The molecule has 0 fully saturated rings. The van der Waals surface area contributed by atoms with Gasteiger partial charge in [0.1, 0.15) is 0 Å². The Morgan fingerprint density at radius 3 is 2.83 bits per heavy atom. The van der Waals surface area contributed by atoms with Crippen LogP contribution in [0.2, 0.25) is 5.02 Å². The number of ether oxygens (including phenoxy) is 2. The van der Waals surface area contributed by atoms with Crippen LogP contribution in [0.5, 0.6) is 5.75 Å². The molecule has 1 atom stereocenters. The lowest BCUT2D eigenvalue weighted by atomic mass is 10.3. The van der Waals surface area contributed by atoms with Gasteiger partial charge in [0.15, 0.2) is 0 Å². The van der Waals surface area contributed by atoms with Crippen molar-refractivity contribution in [2.75, 3.05) is 6.61 Å². The predicted molar refractivity (Wildman–Crippen MR) is 60.3 cm³/mol. The first-order valence-electron chi connectivity index (χ1n) is 4.87. The highest BCUT2D eigenvalue weighted by molar-refractivity contribution is 6.32. The number of hydrogen-bond acceptors (Lipinski definition) is 5. The highest BCUT2D eigenvalue weighted by Crippen LogP contribution is 2.35. The molecule has 0 heterocycles. The molecular weight excluding hydrogens is 269 g/mol. The Balaban J connectivity index is 2.96. The van der Waals surface area contributed by atoms with Crippen molar-refractivity contribution in [3.63, 3.8) is 0 Å². The number of rotatable bonds is 5. The molecule has 0 aliphatic heterocycles. The van der Waals surface area contributed by atoms with Crippen molar-refractivity contribution in [2.24, 2.45) is 0 Å². The zero-order valence-electron chi connectivity index (χ0n) is 9.26. The van der Waals surface area contributed by atoms with E-state index in [2.05, 4.69) is 9.47 Å². The van der Waals surface area contributed by atoms with E-state index in [1.807, 2.05) is 0 Å². The molecule has 6 nitrogen and oxygen atoms in total. The summed E-state index contributed by atoms with van der Waals surface area (Å²) < 4.78 is 22.2. The van der Waals surface area contributed by atoms with Crippen LogP contribution in [-0.4, -0.2) is 23.9 Å². The van der Waals surface area contributed by atoms with Crippen LogP contribution in [0, 0.1) is 10.1 Å². The summed E-state index contributed by atoms with van der Waals surface area (Å²) in [5.41, 5.74) is -0.533. The van der Waals surface area contributed by atoms with Gasteiger partial charge in [0.2, 0.25) is 5.75 Å². The molecular formula is C10H9ClFNO5. The zero-order chi connectivity index (χ0) is 13.7. The molecule has 0 saturated heterocycles. The molecule has 0 aromatic heterocycles. The molecule has 0 spiro atoms. The first kappa shape index (κ1) is 14.2. The minimum absolute atomic E-state index is 0.0345. The number of para-hydroxylation sites is 1. The smallest absolute Gasteiger partial charge is 0.381 e. The van der Waals surface area contributed by atoms with Gasteiger partial charge in [-0.2, -0.15) is 4.39 Å². The van der Waals surface area contributed by atoms with Crippen LogP contribution in [-0.2, 0) is 9.53 Å². The van der Waals surface area contributed by atoms with Crippen LogP contribution in [0.3, 0.4) is 0 Å². The lowest BCUT2D eigenvalue weighted by Crippen LogP contribution is -2.25. The number of nitrogens with zero attached hydrogens (tertiary/aromatic N) is 1. The molecule has 0 N–H and O–H groups in total. The van der Waals surface area contributed by atoms with Crippen molar-refractivity contribution in [3.8, 4) is 5.75 Å². The predicted octanol–water partition coefficient (Wildman–Crippen LogP) is 2.49. The Kier molecular flexibility index (Phi) is 4.85. The number of esters is 1. The van der Waals surface area contributed by atoms with Crippen molar-refractivity contribution < 1.29 is 23.6 Å². The second-order valence-electron chi connectivity index (χ2n) is 3.03. The summed E-state index contributed by atoms with van der Waals surface area (Å²) in [4.78, 5) is 20.9. The molecule has 0 aliphatic rings. The summed E-state index contributed by atoms with van der Waals surface area (Å²) in [5, 5.41) is 10.5. The number of nitro groups is 1. The van der Waals surface area contributed by atoms with Gasteiger partial charge in [-0.05, 0) is 13.0 Å². The summed E-state index contributed by atoms with van der Waals surface area (Å²) in [6, 6.07) is 3.67. The van der Waals surface area contributed by atoms with Gasteiger partial charge in [-0.1, -0.05) is 17.7 Å². The number of hydrogen-bond donors (Lipinski definition) is 0. The van der Waals surface area contributed by atoms with E-state index in [1.165, 1.54) is 19.1 Å². The van der Waals surface area contributed by atoms with E-state index in [9.17, 15) is 19.3 Å². The van der Waals surface area contributed by atoms with Crippen molar-refractivity contribution in [1.82, 2.24) is 0 Å². The third-order valence-corrected chi connectivity index (χ3v) is 2.13. The van der Waals surface area contributed by atoms with Gasteiger partial charge in [-0.3, -0.25) is 10.1 Å². The maximum Gasteiger partial charge on any atom is 0.381 e. The first-order chi connectivity index (χ1) is 8.47. The fraction of sp³-hybridized carbons (Fsp3) is 0.300. The molecule has 1 rings (SSSR count). The fourth-order valence-corrected chi connectivity index (χ4v) is 1.33. The summed E-state index contributed by atoms with van der Waals surface area (Å²) in [5.74, 6) is -1.78. The van der Waals surface area contributed by atoms with E-state index in [-0.39, 0.29) is 11.6 Å². The maximum atomic E-state index is 13.3. The van der Waals surface area contributed by atoms with E-state index in [0.29, 0.717) is 0 Å². The topological polar surface area (TPSA) is 78.7 Å². The Morgan fingerprint density at radius 2 is 2.28 bits per heavy atom. The number of halogens is 2. The molecule has 8 heteroatoms. The van der Waals surface area contributed by atoms with Gasteiger partial charge >= 0.3 is 18.0 Å². The van der Waals surface area contributed by atoms with Crippen LogP contribution >= 0.6 is 11.6 Å². The second-order valence-corrected chi connectivity index (χ2v) is 3.44. The van der Waals surface area contributed by atoms with Gasteiger partial charge in [0.25, 0.3) is 0 Å². The van der Waals surface area contributed by atoms with E-state index in [1.54, 1.807) is 0 Å². The van der Waals surface area contributed by atoms with Crippen molar-refractivity contribution in [1.29, 1.82) is 0 Å². The number of nitro benzene ring substituents is 1. The molecule has 0 aliphatic carbocycles. The summed E-state index contributed by atoms with van der Waals surface area (Å²) >= 11 is 5.65. The normalized spacial score (nSPS) is 11.7. The lowest BCUT2D eigenvalue weighted by Gasteiger charge is -2.11. The molecule has 1 aromatic carbocycles. The highest BCUT2D eigenvalue weighted by Gasteiger charge is 2.26. The molecule has 0 amide bonds. The Hall–Kier alpha value is -1.89. The minimum Gasteiger partial charge on any atom is -0.461 e. The van der Waals surface area contributed by atoms with Gasteiger partial charge in [-0.25, -0.2) is 4.79 Å². The molecule has 1 aromatic rings. The second kappa shape index (κ2) is 6.15. The van der Waals surface area contributed by atoms with Crippen molar-refractivity contribution >= 4 is 23.3 Å². The Bertz CT molecular complexity index is 468. The monoisotopic (exact) mass is 277 g/mol. The van der Waals surface area contributed by atoms with Crippen molar-refractivity contribution in [2.45, 2.75) is 13.3 Å². The number of carbonyl (C=O) groups is 1. The lowest BCUT2D eigenvalue weighted by molar-refractivity contribution is -0.386. The van der Waals surface area contributed by atoms with Gasteiger partial charge < -0.3 is 9.47 Å². The van der Waals surface area contributed by atoms with Crippen LogP contribution in [0.25, 0.3) is 0 Å². The molecule has 18 heavy (non-hydrogen) atoms. The molecule has 0 saturated carbocycles. The van der Waals surface area contributed by atoms with E-state index < -0.39 is 28.7 Å². The number of benzene rings is 1. The number of carbonyl (C=O) groups excluding carboxylic acids is 1. The van der Waals surface area contributed by atoms with Gasteiger partial charge in [0.05, 0.1) is 16.6 Å². The number of alkyl halides is 1. The molecule has 0 bridgehead atoms. The van der Waals surface area contributed by atoms with E-state index in [4.69, 9.17) is 11.6 Å². The highest BCUT2D eigenvalue weighted by atomic mass is 35.5. The summed E-state index contributed by atoms with van der Waals surface area (Å²) in [7, 11) is 0. The third-order valence-electron chi connectivity index (χ3n) is 1.84. The minimum atomic E-state index is -2.47. The van der Waals surface area contributed by atoms with Crippen LogP contribution in [0.15, 0.2) is 18.2 Å². The molecule has 0 radical (unpaired) electrons. The quantitative estimate of drug-likeness (QED) is 0.469. The first-order valence-corrected chi connectivity index (χ1v) is 5.25. The van der Waals surface area contributed by atoms with E-state index in [0.717, 1.165) is 6.07 Å². The molecule has 98 valence electrons. The van der Waals surface area contributed by atoms with Crippen molar-refractivity contribution in [3.05, 3.63) is 33.3 Å². The fourth-order valence-electron chi connectivity index (χ4n) is 1.12. The summed E-state index contributed by atoms with van der Waals surface area (Å²) in [6.45, 7) is 1.45. The summed E-state index contributed by atoms with van der Waals surface area (Å²) in [6.07, 6.45) is -2.47. The maximum absolute atomic E-state index is 13.3. The van der Waals surface area contributed by atoms with E-state index >= 15 is 0 Å². The average Bonchev–Trinajstić information content (AvgIpc) is 2.31. The zero-order valence-corrected chi connectivity index (χ0v) is 10.0. The van der Waals surface area contributed by atoms with Crippen LogP contribution < -0.4 is 4.74 Å². The SMILES string of the molecule is CCOC(=O)C(F)Oc1c(Cl)cccc1[N+](=O)[O-].